The van der Waals surface area contributed by atoms with Gasteiger partial charge in [0.1, 0.15) is 0 Å². The van der Waals surface area contributed by atoms with E-state index in [2.05, 4.69) is 36.5 Å². The molecular weight excluding hydrogens is 316 g/mol. The molecule has 24 heavy (non-hydrogen) atoms. The highest BCUT2D eigenvalue weighted by atomic mass is 32.1. The van der Waals surface area contributed by atoms with Crippen molar-refractivity contribution in [1.82, 2.24) is 5.43 Å². The second kappa shape index (κ2) is 13.2. The Balaban J connectivity index is 2.08. The third-order valence-electron chi connectivity index (χ3n) is 4.22. The molecule has 0 fully saturated rings. The van der Waals surface area contributed by atoms with Gasteiger partial charge in [-0.1, -0.05) is 65.2 Å². The number of rotatable bonds is 13. The molecule has 4 heteroatoms. The van der Waals surface area contributed by atoms with Crippen molar-refractivity contribution in [2.45, 2.75) is 91.4 Å². The van der Waals surface area contributed by atoms with E-state index in [1.165, 1.54) is 49.8 Å². The number of nitrogens with one attached hydrogen (secondary N) is 1. The number of carbonyl (C=O) groups excluding carboxylic acids is 1. The van der Waals surface area contributed by atoms with E-state index >= 15 is 0 Å². The summed E-state index contributed by atoms with van der Waals surface area (Å²) in [5.41, 5.74) is 3.58. The van der Waals surface area contributed by atoms with E-state index in [-0.39, 0.29) is 5.91 Å². The number of amides is 1. The van der Waals surface area contributed by atoms with Gasteiger partial charge in [0.15, 0.2) is 0 Å². The SMILES string of the molecule is CCCCCCCCCCCC(=O)NN=C(C)c1ccc(CC)s1. The second-order valence-electron chi connectivity index (χ2n) is 6.43. The van der Waals surface area contributed by atoms with E-state index in [1.54, 1.807) is 11.3 Å². The average molecular weight is 351 g/mol. The molecule has 0 aliphatic rings. The number of nitrogens with zero attached hydrogens (tertiary/aromatic N) is 1. The van der Waals surface area contributed by atoms with Crippen LogP contribution in [-0.2, 0) is 11.2 Å². The summed E-state index contributed by atoms with van der Waals surface area (Å²) in [6.07, 6.45) is 13.1. The van der Waals surface area contributed by atoms with Crippen LogP contribution in [0.1, 0.15) is 94.7 Å². The third-order valence-corrected chi connectivity index (χ3v) is 5.56. The lowest BCUT2D eigenvalue weighted by molar-refractivity contribution is -0.121. The van der Waals surface area contributed by atoms with Gasteiger partial charge < -0.3 is 0 Å². The lowest BCUT2D eigenvalue weighted by Crippen LogP contribution is -2.18. The van der Waals surface area contributed by atoms with Crippen molar-refractivity contribution in [2.75, 3.05) is 0 Å². The maximum atomic E-state index is 11.8. The molecule has 1 N–H and O–H groups in total. The van der Waals surface area contributed by atoms with Crippen LogP contribution in [0.5, 0.6) is 0 Å². The zero-order chi connectivity index (χ0) is 17.6. The first kappa shape index (κ1) is 20.9. The Morgan fingerprint density at radius 3 is 2.21 bits per heavy atom. The number of hydrogen-bond donors (Lipinski definition) is 1. The van der Waals surface area contributed by atoms with Crippen LogP contribution in [0.2, 0.25) is 0 Å². The fraction of sp³-hybridized carbons (Fsp3) is 0.700. The Morgan fingerprint density at radius 1 is 1.00 bits per heavy atom. The quantitative estimate of drug-likeness (QED) is 0.262. The Kier molecular flexibility index (Phi) is 11.5. The molecule has 0 saturated heterocycles. The van der Waals surface area contributed by atoms with Gasteiger partial charge in [-0.2, -0.15) is 5.10 Å². The topological polar surface area (TPSA) is 41.5 Å². The highest BCUT2D eigenvalue weighted by molar-refractivity contribution is 7.14. The van der Waals surface area contributed by atoms with Crippen LogP contribution in [0.4, 0.5) is 0 Å². The molecule has 0 bridgehead atoms. The summed E-state index contributed by atoms with van der Waals surface area (Å²) in [7, 11) is 0. The molecule has 0 aliphatic heterocycles. The molecule has 1 heterocycles. The molecule has 1 aromatic rings. The smallest absolute Gasteiger partial charge is 0.240 e. The van der Waals surface area contributed by atoms with E-state index in [9.17, 15) is 4.79 Å². The van der Waals surface area contributed by atoms with Gasteiger partial charge in [0, 0.05) is 11.3 Å². The van der Waals surface area contributed by atoms with Crippen LogP contribution in [0, 0.1) is 0 Å². The first-order valence-electron chi connectivity index (χ1n) is 9.59. The first-order valence-corrected chi connectivity index (χ1v) is 10.4. The Hall–Kier alpha value is -1.16. The summed E-state index contributed by atoms with van der Waals surface area (Å²) < 4.78 is 0. The minimum Gasteiger partial charge on any atom is -0.273 e. The van der Waals surface area contributed by atoms with Crippen LogP contribution in [0.15, 0.2) is 17.2 Å². The van der Waals surface area contributed by atoms with Gasteiger partial charge in [0.25, 0.3) is 0 Å². The maximum Gasteiger partial charge on any atom is 0.240 e. The molecule has 0 radical (unpaired) electrons. The Labute approximate surface area is 151 Å². The van der Waals surface area contributed by atoms with Gasteiger partial charge in [0.2, 0.25) is 5.91 Å². The number of hydrazone groups is 1. The predicted octanol–water partition coefficient (Wildman–Crippen LogP) is 6.07. The minimum absolute atomic E-state index is 0.0320. The van der Waals surface area contributed by atoms with Crippen molar-refractivity contribution >= 4 is 23.0 Å². The van der Waals surface area contributed by atoms with Crippen LogP contribution in [0.3, 0.4) is 0 Å². The maximum absolute atomic E-state index is 11.8. The molecule has 0 spiro atoms. The van der Waals surface area contributed by atoms with Crippen LogP contribution in [-0.4, -0.2) is 11.6 Å². The van der Waals surface area contributed by atoms with Gasteiger partial charge in [-0.05, 0) is 31.9 Å². The van der Waals surface area contributed by atoms with Crippen molar-refractivity contribution in [2.24, 2.45) is 5.10 Å². The monoisotopic (exact) mass is 350 g/mol. The number of carbonyl (C=O) groups is 1. The van der Waals surface area contributed by atoms with E-state index in [0.717, 1.165) is 29.9 Å². The lowest BCUT2D eigenvalue weighted by atomic mass is 10.1. The zero-order valence-corrected chi connectivity index (χ0v) is 16.5. The predicted molar refractivity (Wildman–Crippen MR) is 106 cm³/mol. The van der Waals surface area contributed by atoms with Crippen molar-refractivity contribution in [1.29, 1.82) is 0 Å². The average Bonchev–Trinajstić information content (AvgIpc) is 3.07. The normalized spacial score (nSPS) is 11.7. The van der Waals surface area contributed by atoms with Crippen molar-refractivity contribution in [3.8, 4) is 0 Å². The van der Waals surface area contributed by atoms with Crippen molar-refractivity contribution in [3.05, 3.63) is 21.9 Å². The van der Waals surface area contributed by atoms with Crippen LogP contribution in [0.25, 0.3) is 0 Å². The first-order chi connectivity index (χ1) is 11.7. The summed E-state index contributed by atoms with van der Waals surface area (Å²) in [4.78, 5) is 14.3. The Bertz CT molecular complexity index is 494. The lowest BCUT2D eigenvalue weighted by Gasteiger charge is -2.03. The van der Waals surface area contributed by atoms with Gasteiger partial charge in [0.05, 0.1) is 10.6 Å². The third kappa shape index (κ3) is 9.21. The summed E-state index contributed by atoms with van der Waals surface area (Å²) in [5.74, 6) is 0.0320. The number of aryl methyl sites for hydroxylation is 1. The molecule has 1 amide bonds. The second-order valence-corrected chi connectivity index (χ2v) is 7.60. The molecule has 0 unspecified atom stereocenters. The largest absolute Gasteiger partial charge is 0.273 e. The van der Waals surface area contributed by atoms with E-state index in [0.29, 0.717) is 6.42 Å². The molecule has 0 aliphatic carbocycles. The molecule has 136 valence electrons. The molecule has 1 rings (SSSR count). The highest BCUT2D eigenvalue weighted by Crippen LogP contribution is 2.17. The number of unbranched alkanes of at least 4 members (excludes halogenated alkanes) is 8. The molecule has 3 nitrogen and oxygen atoms in total. The fourth-order valence-electron chi connectivity index (χ4n) is 2.62. The summed E-state index contributed by atoms with van der Waals surface area (Å²) in [6, 6.07) is 4.21. The fourth-order valence-corrected chi connectivity index (χ4v) is 3.51. The van der Waals surface area contributed by atoms with Gasteiger partial charge in [-0.25, -0.2) is 5.43 Å². The zero-order valence-electron chi connectivity index (χ0n) is 15.7. The standard InChI is InChI=1S/C20H34N2OS/c1-4-6-7-8-9-10-11-12-13-14-20(23)22-21-17(3)19-16-15-18(5-2)24-19/h15-16H,4-14H2,1-3H3,(H,22,23). The van der Waals surface area contributed by atoms with Crippen molar-refractivity contribution in [3.63, 3.8) is 0 Å². The van der Waals surface area contributed by atoms with Gasteiger partial charge >= 0.3 is 0 Å². The number of hydrogen-bond acceptors (Lipinski definition) is 3. The van der Waals surface area contributed by atoms with Crippen LogP contribution >= 0.6 is 11.3 Å². The van der Waals surface area contributed by atoms with Gasteiger partial charge in [-0.15, -0.1) is 11.3 Å². The van der Waals surface area contributed by atoms with E-state index in [4.69, 9.17) is 0 Å². The Morgan fingerprint density at radius 2 is 1.62 bits per heavy atom. The summed E-state index contributed by atoms with van der Waals surface area (Å²) in [5, 5.41) is 4.23. The van der Waals surface area contributed by atoms with Crippen molar-refractivity contribution < 1.29 is 4.79 Å². The van der Waals surface area contributed by atoms with Crippen LogP contribution < -0.4 is 5.43 Å². The van der Waals surface area contributed by atoms with E-state index < -0.39 is 0 Å². The van der Waals surface area contributed by atoms with Gasteiger partial charge in [-0.3, -0.25) is 4.79 Å². The minimum atomic E-state index is 0.0320. The molecule has 0 saturated carbocycles. The molecule has 1 aromatic heterocycles. The number of thiophene rings is 1. The highest BCUT2D eigenvalue weighted by Gasteiger charge is 2.04. The molecular formula is C20H34N2OS. The molecule has 0 atom stereocenters. The molecule has 0 aromatic carbocycles. The van der Waals surface area contributed by atoms with E-state index in [1.807, 2.05) is 6.92 Å². The summed E-state index contributed by atoms with van der Waals surface area (Å²) >= 11 is 1.74. The summed E-state index contributed by atoms with van der Waals surface area (Å²) in [6.45, 7) is 6.35.